The molecule has 3 heterocycles. The minimum absolute atomic E-state index is 0.287. The Morgan fingerprint density at radius 3 is 2.50 bits per heavy atom. The molecular formula is C28H25FN4O3. The first-order valence-electron chi connectivity index (χ1n) is 11.7. The number of furan rings is 1. The maximum absolute atomic E-state index is 13.7. The number of hydrogen-bond acceptors (Lipinski definition) is 6. The third kappa shape index (κ3) is 4.49. The molecule has 182 valence electrons. The summed E-state index contributed by atoms with van der Waals surface area (Å²) in [4.78, 5) is 21.4. The van der Waals surface area contributed by atoms with Crippen LogP contribution in [0.3, 0.4) is 0 Å². The van der Waals surface area contributed by atoms with E-state index in [2.05, 4.69) is 9.97 Å². The fourth-order valence-electron chi connectivity index (χ4n) is 4.11. The summed E-state index contributed by atoms with van der Waals surface area (Å²) in [5.41, 5.74) is 3.24. The number of nitrogens with zero attached hydrogens (tertiary/aromatic N) is 4. The first-order chi connectivity index (χ1) is 17.4. The Bertz CT molecular complexity index is 1520. The van der Waals surface area contributed by atoms with E-state index in [0.717, 1.165) is 16.5 Å². The van der Waals surface area contributed by atoms with Crippen molar-refractivity contribution in [2.45, 2.75) is 27.3 Å². The molecule has 0 N–H and O–H groups in total. The molecule has 0 saturated heterocycles. The van der Waals surface area contributed by atoms with Crippen molar-refractivity contribution in [2.24, 2.45) is 5.41 Å². The largest absolute Gasteiger partial charge is 0.466 e. The van der Waals surface area contributed by atoms with Crippen molar-refractivity contribution >= 4 is 17.1 Å². The standard InChI is InChI=1S/C28H25FN4O3/c1-4-35-27(34)28(2,3)16-33-15-22(24(32-33)19-10-12-20(29)13-11-19)25-21-14-23(18-8-6-5-7-9-18)36-26(21)31-17-30-25/h5-15,17H,4,16H2,1-3H3. The zero-order valence-corrected chi connectivity index (χ0v) is 20.2. The Hall–Kier alpha value is -4.33. The van der Waals surface area contributed by atoms with Crippen molar-refractivity contribution in [3.05, 3.63) is 79.0 Å². The van der Waals surface area contributed by atoms with Gasteiger partial charge in [-0.05, 0) is 51.1 Å². The van der Waals surface area contributed by atoms with Crippen molar-refractivity contribution in [2.75, 3.05) is 6.61 Å². The van der Waals surface area contributed by atoms with Crippen LogP contribution in [0.1, 0.15) is 20.8 Å². The number of aromatic nitrogens is 4. The van der Waals surface area contributed by atoms with Gasteiger partial charge in [-0.15, -0.1) is 0 Å². The summed E-state index contributed by atoms with van der Waals surface area (Å²) in [6, 6.07) is 17.8. The van der Waals surface area contributed by atoms with E-state index in [-0.39, 0.29) is 18.3 Å². The highest BCUT2D eigenvalue weighted by Gasteiger charge is 2.31. The highest BCUT2D eigenvalue weighted by molar-refractivity contribution is 5.96. The Morgan fingerprint density at radius 2 is 1.78 bits per heavy atom. The minimum Gasteiger partial charge on any atom is -0.466 e. The monoisotopic (exact) mass is 484 g/mol. The molecule has 5 rings (SSSR count). The number of fused-ring (bicyclic) bond motifs is 1. The molecule has 0 bridgehead atoms. The van der Waals surface area contributed by atoms with Gasteiger partial charge in [0.25, 0.3) is 0 Å². The summed E-state index contributed by atoms with van der Waals surface area (Å²) in [5, 5.41) is 5.51. The van der Waals surface area contributed by atoms with Gasteiger partial charge in [0.1, 0.15) is 23.6 Å². The molecule has 0 spiro atoms. The maximum Gasteiger partial charge on any atom is 0.313 e. The molecule has 0 aliphatic carbocycles. The van der Waals surface area contributed by atoms with E-state index in [9.17, 15) is 9.18 Å². The van der Waals surface area contributed by atoms with Crippen LogP contribution < -0.4 is 0 Å². The molecule has 8 heteroatoms. The Labute approximate surface area is 207 Å². The molecule has 3 aromatic heterocycles. The lowest BCUT2D eigenvalue weighted by Crippen LogP contribution is -2.31. The van der Waals surface area contributed by atoms with Crippen LogP contribution in [-0.2, 0) is 16.1 Å². The fraction of sp³-hybridized carbons (Fsp3) is 0.214. The van der Waals surface area contributed by atoms with Crippen LogP contribution in [0.5, 0.6) is 0 Å². The molecule has 0 aliphatic heterocycles. The van der Waals surface area contributed by atoms with E-state index in [1.807, 2.05) is 56.4 Å². The van der Waals surface area contributed by atoms with Gasteiger partial charge >= 0.3 is 5.97 Å². The number of benzene rings is 2. The van der Waals surface area contributed by atoms with E-state index in [1.54, 1.807) is 23.7 Å². The van der Waals surface area contributed by atoms with Crippen LogP contribution in [0.2, 0.25) is 0 Å². The van der Waals surface area contributed by atoms with Gasteiger partial charge in [0.2, 0.25) is 5.71 Å². The van der Waals surface area contributed by atoms with Gasteiger partial charge in [0.15, 0.2) is 0 Å². The molecular weight excluding hydrogens is 459 g/mol. The van der Waals surface area contributed by atoms with Crippen molar-refractivity contribution in [1.82, 2.24) is 19.7 Å². The van der Waals surface area contributed by atoms with Gasteiger partial charge in [0, 0.05) is 22.9 Å². The van der Waals surface area contributed by atoms with Crippen LogP contribution in [0.4, 0.5) is 4.39 Å². The van der Waals surface area contributed by atoms with E-state index in [0.29, 0.717) is 35.0 Å². The summed E-state index contributed by atoms with van der Waals surface area (Å²) in [6.07, 6.45) is 3.29. The molecule has 0 saturated carbocycles. The highest BCUT2D eigenvalue weighted by atomic mass is 19.1. The smallest absolute Gasteiger partial charge is 0.313 e. The number of esters is 1. The molecule has 5 aromatic rings. The Kier molecular flexibility index (Phi) is 6.10. The van der Waals surface area contributed by atoms with Crippen LogP contribution in [0.25, 0.3) is 44.9 Å². The Morgan fingerprint density at radius 1 is 1.03 bits per heavy atom. The number of hydrogen-bond donors (Lipinski definition) is 0. The third-order valence-corrected chi connectivity index (χ3v) is 5.91. The number of rotatable bonds is 7. The van der Waals surface area contributed by atoms with Crippen LogP contribution in [0.15, 0.2) is 77.6 Å². The van der Waals surface area contributed by atoms with Gasteiger partial charge in [0.05, 0.1) is 29.6 Å². The highest BCUT2D eigenvalue weighted by Crippen LogP contribution is 2.37. The van der Waals surface area contributed by atoms with Crippen molar-refractivity contribution < 1.29 is 18.3 Å². The topological polar surface area (TPSA) is 83.0 Å². The maximum atomic E-state index is 13.7. The number of carbonyl (C=O) groups is 1. The molecule has 0 amide bonds. The average Bonchev–Trinajstić information content (AvgIpc) is 3.49. The lowest BCUT2D eigenvalue weighted by molar-refractivity contribution is -0.154. The second-order valence-corrected chi connectivity index (χ2v) is 9.12. The summed E-state index contributed by atoms with van der Waals surface area (Å²) < 4.78 is 26.7. The van der Waals surface area contributed by atoms with Gasteiger partial charge < -0.3 is 9.15 Å². The SMILES string of the molecule is CCOC(=O)C(C)(C)Cn1cc(-c2ncnc3oc(-c4ccccc4)cc23)c(-c2ccc(F)cc2)n1. The normalized spacial score (nSPS) is 11.7. The minimum atomic E-state index is -0.809. The van der Waals surface area contributed by atoms with Crippen LogP contribution in [-0.4, -0.2) is 32.3 Å². The molecule has 0 aliphatic rings. The van der Waals surface area contributed by atoms with Gasteiger partial charge in [-0.3, -0.25) is 9.48 Å². The lowest BCUT2D eigenvalue weighted by atomic mass is 9.94. The van der Waals surface area contributed by atoms with Crippen molar-refractivity contribution in [1.29, 1.82) is 0 Å². The molecule has 0 radical (unpaired) electrons. The first kappa shape index (κ1) is 23.4. The lowest BCUT2D eigenvalue weighted by Gasteiger charge is -2.21. The Balaban J connectivity index is 1.64. The summed E-state index contributed by atoms with van der Waals surface area (Å²) in [7, 11) is 0. The van der Waals surface area contributed by atoms with E-state index in [1.165, 1.54) is 18.5 Å². The molecule has 0 atom stereocenters. The number of halogens is 1. The zero-order chi connectivity index (χ0) is 25.3. The second kappa shape index (κ2) is 9.37. The fourth-order valence-corrected chi connectivity index (χ4v) is 4.11. The predicted molar refractivity (Wildman–Crippen MR) is 134 cm³/mol. The van der Waals surface area contributed by atoms with E-state index in [4.69, 9.17) is 14.3 Å². The number of carbonyl (C=O) groups excluding carboxylic acids is 1. The second-order valence-electron chi connectivity index (χ2n) is 9.12. The van der Waals surface area contributed by atoms with E-state index < -0.39 is 5.41 Å². The van der Waals surface area contributed by atoms with Crippen LogP contribution in [0, 0.1) is 11.2 Å². The molecule has 7 nitrogen and oxygen atoms in total. The van der Waals surface area contributed by atoms with Gasteiger partial charge in [-0.25, -0.2) is 14.4 Å². The first-order valence-corrected chi connectivity index (χ1v) is 11.7. The predicted octanol–water partition coefficient (Wildman–Crippen LogP) is 6.15. The van der Waals surface area contributed by atoms with Crippen LogP contribution >= 0.6 is 0 Å². The molecule has 0 fully saturated rings. The molecule has 2 aromatic carbocycles. The quantitative estimate of drug-likeness (QED) is 0.258. The molecule has 0 unspecified atom stereocenters. The number of ether oxygens (including phenoxy) is 1. The van der Waals surface area contributed by atoms with E-state index >= 15 is 0 Å². The van der Waals surface area contributed by atoms with Gasteiger partial charge in [-0.1, -0.05) is 30.3 Å². The van der Waals surface area contributed by atoms with Gasteiger partial charge in [-0.2, -0.15) is 5.10 Å². The summed E-state index contributed by atoms with van der Waals surface area (Å²) >= 11 is 0. The third-order valence-electron chi connectivity index (χ3n) is 5.91. The zero-order valence-electron chi connectivity index (χ0n) is 20.2. The average molecular weight is 485 g/mol. The van der Waals surface area contributed by atoms with Crippen molar-refractivity contribution in [3.63, 3.8) is 0 Å². The molecule has 36 heavy (non-hydrogen) atoms. The van der Waals surface area contributed by atoms with Crippen molar-refractivity contribution in [3.8, 4) is 33.8 Å². The summed E-state index contributed by atoms with van der Waals surface area (Å²) in [6.45, 7) is 6.00. The summed E-state index contributed by atoms with van der Waals surface area (Å²) in [5.74, 6) is 0.0265.